The van der Waals surface area contributed by atoms with E-state index in [9.17, 15) is 4.79 Å². The van der Waals surface area contributed by atoms with Crippen molar-refractivity contribution in [2.24, 2.45) is 5.92 Å². The van der Waals surface area contributed by atoms with Crippen LogP contribution in [-0.2, 0) is 9.53 Å². The predicted molar refractivity (Wildman–Crippen MR) is 56.1 cm³/mol. The fraction of sp³-hybridized carbons (Fsp3) is 0.909. The molecule has 1 fully saturated rings. The van der Waals surface area contributed by atoms with Crippen molar-refractivity contribution < 1.29 is 9.53 Å². The molecular weight excluding hydrogens is 178 g/mol. The molecule has 1 atom stereocenters. The Bertz CT molecular complexity index is 195. The first-order chi connectivity index (χ1) is 6.60. The van der Waals surface area contributed by atoms with Crippen LogP contribution in [0.3, 0.4) is 0 Å². The van der Waals surface area contributed by atoms with Crippen LogP contribution in [0.1, 0.15) is 39.5 Å². The molecule has 1 rings (SSSR count). The van der Waals surface area contributed by atoms with Crippen LogP contribution in [0.25, 0.3) is 0 Å². The van der Waals surface area contributed by atoms with Crippen molar-refractivity contribution >= 4 is 5.97 Å². The highest BCUT2D eigenvalue weighted by Crippen LogP contribution is 2.27. The first-order valence-corrected chi connectivity index (χ1v) is 5.44. The maximum atomic E-state index is 11.7. The van der Waals surface area contributed by atoms with Gasteiger partial charge in [0.05, 0.1) is 7.11 Å². The second-order valence-corrected chi connectivity index (χ2v) is 4.56. The van der Waals surface area contributed by atoms with Crippen LogP contribution >= 0.6 is 0 Å². The summed E-state index contributed by atoms with van der Waals surface area (Å²) in [6.07, 6.45) is 4.07. The van der Waals surface area contributed by atoms with E-state index in [2.05, 4.69) is 19.2 Å². The third kappa shape index (κ3) is 2.47. The third-order valence-electron chi connectivity index (χ3n) is 2.83. The van der Waals surface area contributed by atoms with E-state index < -0.39 is 5.54 Å². The molecule has 3 heteroatoms. The second-order valence-electron chi connectivity index (χ2n) is 4.56. The van der Waals surface area contributed by atoms with Gasteiger partial charge in [-0.3, -0.25) is 4.79 Å². The van der Waals surface area contributed by atoms with Crippen molar-refractivity contribution in [3.8, 4) is 0 Å². The van der Waals surface area contributed by atoms with Gasteiger partial charge in [0.25, 0.3) is 0 Å². The normalized spacial score (nSPS) is 27.7. The molecule has 0 aromatic rings. The van der Waals surface area contributed by atoms with Gasteiger partial charge in [0, 0.05) is 0 Å². The molecule has 0 bridgehead atoms. The quantitative estimate of drug-likeness (QED) is 0.703. The molecule has 1 aliphatic heterocycles. The average Bonchev–Trinajstić information content (AvgIpc) is 2.17. The average molecular weight is 199 g/mol. The van der Waals surface area contributed by atoms with Gasteiger partial charge in [-0.05, 0) is 38.1 Å². The van der Waals surface area contributed by atoms with E-state index in [0.717, 1.165) is 32.2 Å². The smallest absolute Gasteiger partial charge is 0.326 e. The van der Waals surface area contributed by atoms with E-state index in [1.165, 1.54) is 7.11 Å². The summed E-state index contributed by atoms with van der Waals surface area (Å²) < 4.78 is 4.89. The zero-order valence-electron chi connectivity index (χ0n) is 9.43. The first kappa shape index (κ1) is 11.5. The van der Waals surface area contributed by atoms with Gasteiger partial charge >= 0.3 is 5.97 Å². The van der Waals surface area contributed by atoms with Gasteiger partial charge in [0.15, 0.2) is 0 Å². The van der Waals surface area contributed by atoms with Crippen LogP contribution in [-0.4, -0.2) is 25.2 Å². The summed E-state index contributed by atoms with van der Waals surface area (Å²) in [7, 11) is 1.47. The van der Waals surface area contributed by atoms with Gasteiger partial charge in [0.1, 0.15) is 5.54 Å². The molecule has 3 nitrogen and oxygen atoms in total. The molecule has 1 N–H and O–H groups in total. The van der Waals surface area contributed by atoms with Gasteiger partial charge in [-0.1, -0.05) is 13.8 Å². The minimum absolute atomic E-state index is 0.0918. The van der Waals surface area contributed by atoms with Gasteiger partial charge in [0.2, 0.25) is 0 Å². The van der Waals surface area contributed by atoms with Crippen molar-refractivity contribution in [2.45, 2.75) is 45.1 Å². The van der Waals surface area contributed by atoms with Crippen LogP contribution in [0.4, 0.5) is 0 Å². The minimum Gasteiger partial charge on any atom is -0.468 e. The van der Waals surface area contributed by atoms with E-state index >= 15 is 0 Å². The van der Waals surface area contributed by atoms with Gasteiger partial charge in [-0.2, -0.15) is 0 Å². The maximum absolute atomic E-state index is 11.7. The second kappa shape index (κ2) is 4.78. The van der Waals surface area contributed by atoms with E-state index in [1.54, 1.807) is 0 Å². The molecule has 0 aliphatic carbocycles. The Morgan fingerprint density at radius 3 is 2.64 bits per heavy atom. The number of piperidine rings is 1. The summed E-state index contributed by atoms with van der Waals surface area (Å²) >= 11 is 0. The lowest BCUT2D eigenvalue weighted by molar-refractivity contribution is -0.150. The number of rotatable bonds is 3. The molecule has 82 valence electrons. The molecule has 1 saturated heterocycles. The van der Waals surface area contributed by atoms with E-state index in [-0.39, 0.29) is 5.97 Å². The van der Waals surface area contributed by atoms with Gasteiger partial charge in [-0.25, -0.2) is 0 Å². The lowest BCUT2D eigenvalue weighted by Gasteiger charge is -2.36. The first-order valence-electron chi connectivity index (χ1n) is 5.44. The Balaban J connectivity index is 2.71. The summed E-state index contributed by atoms with van der Waals surface area (Å²) in [5, 5.41) is 3.34. The monoisotopic (exact) mass is 199 g/mol. The molecule has 0 amide bonds. The molecule has 0 radical (unpaired) electrons. The fourth-order valence-corrected chi connectivity index (χ4v) is 2.29. The fourth-order valence-electron chi connectivity index (χ4n) is 2.29. The van der Waals surface area contributed by atoms with E-state index in [0.29, 0.717) is 5.92 Å². The lowest BCUT2D eigenvalue weighted by Crippen LogP contribution is -2.55. The number of carbonyl (C=O) groups excluding carboxylic acids is 1. The molecule has 1 heterocycles. The molecule has 0 aromatic carbocycles. The van der Waals surface area contributed by atoms with Crippen molar-refractivity contribution in [3.63, 3.8) is 0 Å². The number of esters is 1. The summed E-state index contributed by atoms with van der Waals surface area (Å²) in [5.74, 6) is 0.422. The zero-order chi connectivity index (χ0) is 10.6. The van der Waals surface area contributed by atoms with Crippen molar-refractivity contribution in [3.05, 3.63) is 0 Å². The van der Waals surface area contributed by atoms with Crippen LogP contribution in [0, 0.1) is 5.92 Å². The molecule has 1 aliphatic rings. The number of hydrogen-bond donors (Lipinski definition) is 1. The maximum Gasteiger partial charge on any atom is 0.326 e. The summed E-state index contributed by atoms with van der Waals surface area (Å²) in [6, 6.07) is 0. The third-order valence-corrected chi connectivity index (χ3v) is 2.83. The van der Waals surface area contributed by atoms with Gasteiger partial charge < -0.3 is 10.1 Å². The Morgan fingerprint density at radius 1 is 1.50 bits per heavy atom. The Hall–Kier alpha value is -0.570. The summed E-state index contributed by atoms with van der Waals surface area (Å²) in [5.41, 5.74) is -0.402. The zero-order valence-corrected chi connectivity index (χ0v) is 9.43. The largest absolute Gasteiger partial charge is 0.468 e. The Kier molecular flexibility index (Phi) is 3.93. The highest BCUT2D eigenvalue weighted by atomic mass is 16.5. The highest BCUT2D eigenvalue weighted by molar-refractivity contribution is 5.80. The standard InChI is InChI=1S/C11H21NO2/c1-9(2)8-11(10(13)14-3)6-4-5-7-12-11/h9,12H,4-8H2,1-3H3. The number of nitrogens with one attached hydrogen (secondary N) is 1. The number of hydrogen-bond acceptors (Lipinski definition) is 3. The van der Waals surface area contributed by atoms with Crippen LogP contribution in [0.5, 0.6) is 0 Å². The summed E-state index contributed by atoms with van der Waals surface area (Å²) in [6.45, 7) is 5.21. The van der Waals surface area contributed by atoms with E-state index in [1.807, 2.05) is 0 Å². The molecular formula is C11H21NO2. The Morgan fingerprint density at radius 2 is 2.21 bits per heavy atom. The highest BCUT2D eigenvalue weighted by Gasteiger charge is 2.40. The molecule has 14 heavy (non-hydrogen) atoms. The number of methoxy groups -OCH3 is 1. The van der Waals surface area contributed by atoms with Crippen molar-refractivity contribution in [1.82, 2.24) is 5.32 Å². The molecule has 0 aromatic heterocycles. The predicted octanol–water partition coefficient (Wildman–Crippen LogP) is 1.72. The van der Waals surface area contributed by atoms with E-state index in [4.69, 9.17) is 4.74 Å². The van der Waals surface area contributed by atoms with Crippen LogP contribution in [0.2, 0.25) is 0 Å². The van der Waals surface area contributed by atoms with Crippen LogP contribution in [0.15, 0.2) is 0 Å². The SMILES string of the molecule is COC(=O)C1(CC(C)C)CCCCN1. The van der Waals surface area contributed by atoms with Crippen molar-refractivity contribution in [2.75, 3.05) is 13.7 Å². The minimum atomic E-state index is -0.402. The van der Waals surface area contributed by atoms with Gasteiger partial charge in [-0.15, -0.1) is 0 Å². The molecule has 0 saturated carbocycles. The lowest BCUT2D eigenvalue weighted by atomic mass is 9.82. The molecule has 0 spiro atoms. The van der Waals surface area contributed by atoms with Crippen molar-refractivity contribution in [1.29, 1.82) is 0 Å². The topological polar surface area (TPSA) is 38.3 Å². The van der Waals surface area contributed by atoms with Crippen LogP contribution < -0.4 is 5.32 Å². The number of ether oxygens (including phenoxy) is 1. The molecule has 1 unspecified atom stereocenters. The number of carbonyl (C=O) groups is 1. The Labute approximate surface area is 86.2 Å². The summed E-state index contributed by atoms with van der Waals surface area (Å²) in [4.78, 5) is 11.7.